The second-order valence-electron chi connectivity index (χ2n) is 9.10. The zero-order chi connectivity index (χ0) is 23.6. The number of hydrogen-bond donors (Lipinski definition) is 1. The van der Waals surface area contributed by atoms with Crippen molar-refractivity contribution < 1.29 is 14.3 Å². The summed E-state index contributed by atoms with van der Waals surface area (Å²) in [4.78, 5) is 27.0. The standard InChI is InChI=1S/C28H36N2O3/c1-21(2)33-26-14-11-24(12-15-26)10-9-22(3)29-28(32)25-17-19-30(20-18-25)27(31)16-13-23-7-5-4-6-8-23/h4-8,11-16,21-22,25H,9-10,17-20H2,1-3H3,(H,29,32). The second kappa shape index (κ2) is 12.2. The summed E-state index contributed by atoms with van der Waals surface area (Å²) in [6.45, 7) is 7.33. The Morgan fingerprint density at radius 2 is 1.70 bits per heavy atom. The number of nitrogens with one attached hydrogen (secondary N) is 1. The fraction of sp³-hybridized carbons (Fsp3) is 0.429. The first-order valence-corrected chi connectivity index (χ1v) is 12.0. The van der Waals surface area contributed by atoms with Crippen molar-refractivity contribution in [3.63, 3.8) is 0 Å². The Balaban J connectivity index is 1.37. The first kappa shape index (κ1) is 24.6. The molecule has 1 fully saturated rings. The molecule has 0 aliphatic carbocycles. The molecule has 1 unspecified atom stereocenters. The van der Waals surface area contributed by atoms with E-state index in [9.17, 15) is 9.59 Å². The van der Waals surface area contributed by atoms with Gasteiger partial charge in [0.05, 0.1) is 6.10 Å². The molecule has 2 aromatic carbocycles. The minimum absolute atomic E-state index is 0.0101. The highest BCUT2D eigenvalue weighted by molar-refractivity contribution is 5.92. The van der Waals surface area contributed by atoms with Crippen molar-refractivity contribution in [3.8, 4) is 5.75 Å². The Bertz CT molecular complexity index is 914. The van der Waals surface area contributed by atoms with Gasteiger partial charge in [0, 0.05) is 31.1 Å². The highest BCUT2D eigenvalue weighted by Gasteiger charge is 2.27. The lowest BCUT2D eigenvalue weighted by molar-refractivity contribution is -0.132. The van der Waals surface area contributed by atoms with Crippen molar-refractivity contribution in [1.82, 2.24) is 10.2 Å². The zero-order valence-corrected chi connectivity index (χ0v) is 20.0. The van der Waals surface area contributed by atoms with Gasteiger partial charge in [-0.05, 0) is 75.8 Å². The molecule has 1 aliphatic rings. The van der Waals surface area contributed by atoms with E-state index in [1.165, 1.54) is 5.56 Å². The van der Waals surface area contributed by atoms with E-state index in [0.29, 0.717) is 25.9 Å². The molecule has 3 rings (SSSR count). The van der Waals surface area contributed by atoms with Crippen molar-refractivity contribution in [2.45, 2.75) is 58.6 Å². The fourth-order valence-corrected chi connectivity index (χ4v) is 4.02. The number of ether oxygens (including phenoxy) is 1. The Labute approximate surface area is 197 Å². The van der Waals surface area contributed by atoms with E-state index in [1.54, 1.807) is 6.08 Å². The number of benzene rings is 2. The van der Waals surface area contributed by atoms with Gasteiger partial charge in [0.1, 0.15) is 5.75 Å². The van der Waals surface area contributed by atoms with E-state index in [4.69, 9.17) is 4.74 Å². The number of rotatable bonds is 9. The van der Waals surface area contributed by atoms with E-state index < -0.39 is 0 Å². The predicted molar refractivity (Wildman–Crippen MR) is 133 cm³/mol. The summed E-state index contributed by atoms with van der Waals surface area (Å²) in [5, 5.41) is 3.17. The third-order valence-corrected chi connectivity index (χ3v) is 5.95. The average molecular weight is 449 g/mol. The van der Waals surface area contributed by atoms with Crippen molar-refractivity contribution in [1.29, 1.82) is 0 Å². The summed E-state index contributed by atoms with van der Waals surface area (Å²) in [5.74, 6) is 0.976. The second-order valence-corrected chi connectivity index (χ2v) is 9.10. The van der Waals surface area contributed by atoms with Gasteiger partial charge in [-0.25, -0.2) is 0 Å². The van der Waals surface area contributed by atoms with Crippen molar-refractivity contribution in [3.05, 3.63) is 71.8 Å². The molecule has 2 aromatic rings. The summed E-state index contributed by atoms with van der Waals surface area (Å²) < 4.78 is 5.69. The van der Waals surface area contributed by atoms with E-state index in [0.717, 1.165) is 24.2 Å². The smallest absolute Gasteiger partial charge is 0.246 e. The van der Waals surface area contributed by atoms with Crippen LogP contribution in [0.1, 0.15) is 51.2 Å². The molecule has 0 saturated carbocycles. The number of likely N-dealkylation sites (tertiary alicyclic amines) is 1. The lowest BCUT2D eigenvalue weighted by Crippen LogP contribution is -2.44. The molecule has 1 atom stereocenters. The molecule has 0 aromatic heterocycles. The number of amides is 2. The molecule has 5 heteroatoms. The van der Waals surface area contributed by atoms with Gasteiger partial charge in [-0.2, -0.15) is 0 Å². The van der Waals surface area contributed by atoms with Gasteiger partial charge >= 0.3 is 0 Å². The summed E-state index contributed by atoms with van der Waals surface area (Å²) in [6.07, 6.45) is 6.85. The van der Waals surface area contributed by atoms with E-state index in [2.05, 4.69) is 24.4 Å². The largest absolute Gasteiger partial charge is 0.491 e. The van der Waals surface area contributed by atoms with Crippen LogP contribution in [0.2, 0.25) is 0 Å². The summed E-state index contributed by atoms with van der Waals surface area (Å²) >= 11 is 0. The number of carbonyl (C=O) groups excluding carboxylic acids is 2. The van der Waals surface area contributed by atoms with Crippen LogP contribution in [0, 0.1) is 5.92 Å². The highest BCUT2D eigenvalue weighted by atomic mass is 16.5. The molecule has 1 N–H and O–H groups in total. The molecule has 33 heavy (non-hydrogen) atoms. The molecule has 0 radical (unpaired) electrons. The number of hydrogen-bond acceptors (Lipinski definition) is 3. The third kappa shape index (κ3) is 8.08. The molecule has 5 nitrogen and oxygen atoms in total. The number of nitrogens with zero attached hydrogens (tertiary/aromatic N) is 1. The molecule has 1 saturated heterocycles. The normalized spacial score (nSPS) is 15.6. The van der Waals surface area contributed by atoms with Crippen molar-refractivity contribution in [2.75, 3.05) is 13.1 Å². The van der Waals surface area contributed by atoms with Crippen LogP contribution in [-0.2, 0) is 16.0 Å². The molecular weight excluding hydrogens is 412 g/mol. The minimum atomic E-state index is -0.0259. The first-order valence-electron chi connectivity index (χ1n) is 12.0. The maximum absolute atomic E-state index is 12.7. The molecule has 2 amide bonds. The van der Waals surface area contributed by atoms with Gasteiger partial charge in [-0.1, -0.05) is 42.5 Å². The van der Waals surface area contributed by atoms with Crippen molar-refractivity contribution >= 4 is 17.9 Å². The topological polar surface area (TPSA) is 58.6 Å². The van der Waals surface area contributed by atoms with Gasteiger partial charge in [0.2, 0.25) is 11.8 Å². The number of carbonyl (C=O) groups is 2. The summed E-state index contributed by atoms with van der Waals surface area (Å²) in [5.41, 5.74) is 2.25. The Morgan fingerprint density at radius 1 is 1.03 bits per heavy atom. The van der Waals surface area contributed by atoms with Gasteiger partial charge in [0.25, 0.3) is 0 Å². The number of piperidine rings is 1. The van der Waals surface area contributed by atoms with Crippen molar-refractivity contribution in [2.24, 2.45) is 5.92 Å². The lowest BCUT2D eigenvalue weighted by Gasteiger charge is -2.31. The van der Waals surface area contributed by atoms with E-state index in [1.807, 2.05) is 67.3 Å². The van der Waals surface area contributed by atoms with Gasteiger partial charge in [0.15, 0.2) is 0 Å². The predicted octanol–water partition coefficient (Wildman–Crippen LogP) is 4.86. The molecule has 0 bridgehead atoms. The number of aryl methyl sites for hydroxylation is 1. The monoisotopic (exact) mass is 448 g/mol. The Kier molecular flexibility index (Phi) is 9.11. The van der Waals surface area contributed by atoms with Crippen LogP contribution in [0.25, 0.3) is 6.08 Å². The fourth-order valence-electron chi connectivity index (χ4n) is 4.02. The third-order valence-electron chi connectivity index (χ3n) is 5.95. The van der Waals surface area contributed by atoms with Gasteiger partial charge in [-0.15, -0.1) is 0 Å². The lowest BCUT2D eigenvalue weighted by atomic mass is 9.95. The Morgan fingerprint density at radius 3 is 2.33 bits per heavy atom. The van der Waals surface area contributed by atoms with E-state index in [-0.39, 0.29) is 29.9 Å². The SMILES string of the molecule is CC(CCc1ccc(OC(C)C)cc1)NC(=O)C1CCN(C(=O)C=Cc2ccccc2)CC1. The van der Waals surface area contributed by atoms with Crippen LogP contribution >= 0.6 is 0 Å². The maximum atomic E-state index is 12.7. The molecule has 0 spiro atoms. The molecular formula is C28H36N2O3. The first-order chi connectivity index (χ1) is 15.9. The van der Waals surface area contributed by atoms with Crippen LogP contribution in [0.4, 0.5) is 0 Å². The van der Waals surface area contributed by atoms with Gasteiger partial charge in [-0.3, -0.25) is 9.59 Å². The summed E-state index contributed by atoms with van der Waals surface area (Å²) in [6, 6.07) is 18.1. The van der Waals surface area contributed by atoms with Gasteiger partial charge < -0.3 is 15.0 Å². The summed E-state index contributed by atoms with van der Waals surface area (Å²) in [7, 11) is 0. The van der Waals surface area contributed by atoms with Crippen LogP contribution < -0.4 is 10.1 Å². The van der Waals surface area contributed by atoms with E-state index >= 15 is 0 Å². The molecule has 1 aliphatic heterocycles. The minimum Gasteiger partial charge on any atom is -0.491 e. The average Bonchev–Trinajstić information content (AvgIpc) is 2.82. The highest BCUT2D eigenvalue weighted by Crippen LogP contribution is 2.19. The van der Waals surface area contributed by atoms with Crippen LogP contribution in [-0.4, -0.2) is 41.9 Å². The van der Waals surface area contributed by atoms with Crippen LogP contribution in [0.3, 0.4) is 0 Å². The zero-order valence-electron chi connectivity index (χ0n) is 20.0. The maximum Gasteiger partial charge on any atom is 0.246 e. The Hall–Kier alpha value is -3.08. The van der Waals surface area contributed by atoms with Crippen LogP contribution in [0.15, 0.2) is 60.7 Å². The van der Waals surface area contributed by atoms with Crippen LogP contribution in [0.5, 0.6) is 5.75 Å². The molecule has 176 valence electrons. The quantitative estimate of drug-likeness (QED) is 0.557. The molecule has 1 heterocycles.